The normalized spacial score (nSPS) is 14.0. The van der Waals surface area contributed by atoms with Crippen molar-refractivity contribution in [3.8, 4) is 0 Å². The first-order chi connectivity index (χ1) is 12.4. The SMILES string of the molecule is CCOP(=O)(OCC)OC(/C=C/c1ccccc1)P(=O)(OCC)OCC. The fourth-order valence-corrected chi connectivity index (χ4v) is 5.40. The van der Waals surface area contributed by atoms with Gasteiger partial charge in [-0.3, -0.25) is 18.1 Å². The van der Waals surface area contributed by atoms with Crippen LogP contribution in [0.1, 0.15) is 33.3 Å². The topological polar surface area (TPSA) is 80.3 Å². The fourth-order valence-electron chi connectivity index (χ4n) is 2.05. The van der Waals surface area contributed by atoms with Gasteiger partial charge in [-0.05, 0) is 39.3 Å². The molecular formula is C17H28O7P2. The zero-order valence-corrected chi connectivity index (χ0v) is 17.5. The molecule has 1 unspecified atom stereocenters. The van der Waals surface area contributed by atoms with Crippen molar-refractivity contribution in [3.63, 3.8) is 0 Å². The molecule has 1 aromatic carbocycles. The molecule has 0 spiro atoms. The van der Waals surface area contributed by atoms with Crippen LogP contribution in [0.3, 0.4) is 0 Å². The van der Waals surface area contributed by atoms with Gasteiger partial charge in [0.2, 0.25) is 0 Å². The lowest BCUT2D eigenvalue weighted by atomic mass is 10.2. The molecule has 7 nitrogen and oxygen atoms in total. The van der Waals surface area contributed by atoms with E-state index in [1.54, 1.807) is 33.8 Å². The smallest absolute Gasteiger partial charge is 0.307 e. The molecule has 0 fully saturated rings. The largest absolute Gasteiger partial charge is 0.475 e. The van der Waals surface area contributed by atoms with Gasteiger partial charge < -0.3 is 9.05 Å². The summed E-state index contributed by atoms with van der Waals surface area (Å²) in [5, 5.41) is 0. The zero-order valence-electron chi connectivity index (χ0n) is 15.7. The fraction of sp³-hybridized carbons (Fsp3) is 0.529. The highest BCUT2D eigenvalue weighted by molar-refractivity contribution is 7.56. The Morgan fingerprint density at radius 3 is 1.81 bits per heavy atom. The Bertz CT molecular complexity index is 613. The molecule has 1 atom stereocenters. The highest BCUT2D eigenvalue weighted by Crippen LogP contribution is 2.61. The first-order valence-electron chi connectivity index (χ1n) is 8.62. The average Bonchev–Trinajstić information content (AvgIpc) is 2.60. The van der Waals surface area contributed by atoms with Crippen molar-refractivity contribution < 1.29 is 31.7 Å². The highest BCUT2D eigenvalue weighted by Gasteiger charge is 2.41. The second-order valence-corrected chi connectivity index (χ2v) is 8.65. The molecule has 0 aromatic heterocycles. The quantitative estimate of drug-likeness (QED) is 0.401. The highest BCUT2D eigenvalue weighted by atomic mass is 31.2. The van der Waals surface area contributed by atoms with Crippen molar-refractivity contribution in [2.75, 3.05) is 26.4 Å². The average molecular weight is 406 g/mol. The second-order valence-electron chi connectivity index (χ2n) is 4.92. The molecule has 0 saturated heterocycles. The third kappa shape index (κ3) is 7.45. The maximum Gasteiger partial charge on any atom is 0.475 e. The first-order valence-corrected chi connectivity index (χ1v) is 11.7. The molecule has 0 radical (unpaired) electrons. The predicted molar refractivity (Wildman–Crippen MR) is 102 cm³/mol. The van der Waals surface area contributed by atoms with Gasteiger partial charge in [0.25, 0.3) is 0 Å². The Kier molecular flexibility index (Phi) is 10.6. The minimum absolute atomic E-state index is 0.111. The van der Waals surface area contributed by atoms with Gasteiger partial charge in [-0.15, -0.1) is 0 Å². The third-order valence-electron chi connectivity index (χ3n) is 2.99. The van der Waals surface area contributed by atoms with Crippen LogP contribution in [0.25, 0.3) is 6.08 Å². The second kappa shape index (κ2) is 11.8. The summed E-state index contributed by atoms with van der Waals surface area (Å²) in [7, 11) is -7.68. The number of phosphoric acid groups is 1. The van der Waals surface area contributed by atoms with Gasteiger partial charge in [-0.2, -0.15) is 0 Å². The lowest BCUT2D eigenvalue weighted by Crippen LogP contribution is -2.16. The number of phosphoric ester groups is 1. The minimum Gasteiger partial charge on any atom is -0.307 e. The maximum absolute atomic E-state index is 13.2. The Labute approximate surface area is 155 Å². The molecule has 0 aliphatic rings. The molecule has 9 heteroatoms. The van der Waals surface area contributed by atoms with Crippen LogP contribution in [0.5, 0.6) is 0 Å². The standard InChI is InChI=1S/C17H28O7P2/c1-5-20-25(18,21-6-2)17(15-14-16-12-10-9-11-13-16)24-26(19,22-7-3)23-8-4/h9-15,17H,5-8H2,1-4H3/b15-14+. The molecule has 0 amide bonds. The number of hydrogen-bond acceptors (Lipinski definition) is 7. The van der Waals surface area contributed by atoms with Crippen LogP contribution in [0.2, 0.25) is 0 Å². The number of hydrogen-bond donors (Lipinski definition) is 0. The summed E-state index contributed by atoms with van der Waals surface area (Å²) in [5.74, 6) is -1.24. The van der Waals surface area contributed by atoms with E-state index >= 15 is 0 Å². The van der Waals surface area contributed by atoms with E-state index < -0.39 is 21.3 Å². The minimum atomic E-state index is -3.92. The van der Waals surface area contributed by atoms with Gasteiger partial charge in [0, 0.05) is 0 Å². The van der Waals surface area contributed by atoms with Gasteiger partial charge in [0.1, 0.15) is 0 Å². The van der Waals surface area contributed by atoms with E-state index in [0.717, 1.165) is 5.56 Å². The number of rotatable bonds is 13. The van der Waals surface area contributed by atoms with Crippen molar-refractivity contribution >= 4 is 21.5 Å². The van der Waals surface area contributed by atoms with Crippen LogP contribution in [-0.2, 0) is 31.7 Å². The van der Waals surface area contributed by atoms with Gasteiger partial charge >= 0.3 is 15.4 Å². The molecule has 0 N–H and O–H groups in total. The van der Waals surface area contributed by atoms with E-state index in [0.29, 0.717) is 0 Å². The van der Waals surface area contributed by atoms with E-state index in [1.807, 2.05) is 30.3 Å². The monoisotopic (exact) mass is 406 g/mol. The van der Waals surface area contributed by atoms with Gasteiger partial charge in [0.15, 0.2) is 5.85 Å². The van der Waals surface area contributed by atoms with Crippen molar-refractivity contribution in [1.82, 2.24) is 0 Å². The summed E-state index contributed by atoms with van der Waals surface area (Å²) in [5.41, 5.74) is 0.850. The summed E-state index contributed by atoms with van der Waals surface area (Å²) in [6, 6.07) is 9.35. The van der Waals surface area contributed by atoms with Crippen LogP contribution >= 0.6 is 15.4 Å². The Hall–Kier alpha value is -0.780. The third-order valence-corrected chi connectivity index (χ3v) is 6.93. The van der Waals surface area contributed by atoms with Crippen LogP contribution in [0.15, 0.2) is 36.4 Å². The molecule has 1 aromatic rings. The van der Waals surface area contributed by atoms with Crippen molar-refractivity contribution in [3.05, 3.63) is 42.0 Å². The first kappa shape index (κ1) is 23.3. The summed E-state index contributed by atoms with van der Waals surface area (Å²) >= 11 is 0. The summed E-state index contributed by atoms with van der Waals surface area (Å²) < 4.78 is 52.4. The molecule has 26 heavy (non-hydrogen) atoms. The summed E-state index contributed by atoms with van der Waals surface area (Å²) in [6.07, 6.45) is 3.18. The van der Waals surface area contributed by atoms with Gasteiger partial charge in [-0.1, -0.05) is 36.4 Å². The van der Waals surface area contributed by atoms with Crippen molar-refractivity contribution in [2.45, 2.75) is 33.5 Å². The molecule has 0 heterocycles. The molecule has 0 bridgehead atoms. The molecule has 0 saturated carbocycles. The lowest BCUT2D eigenvalue weighted by Gasteiger charge is -2.27. The van der Waals surface area contributed by atoms with Crippen molar-refractivity contribution in [1.29, 1.82) is 0 Å². The van der Waals surface area contributed by atoms with Crippen LogP contribution in [0, 0.1) is 0 Å². The Morgan fingerprint density at radius 2 is 1.35 bits per heavy atom. The van der Waals surface area contributed by atoms with E-state index in [1.165, 1.54) is 6.08 Å². The molecule has 0 aliphatic heterocycles. The zero-order chi connectivity index (χ0) is 19.5. The van der Waals surface area contributed by atoms with E-state index in [4.69, 9.17) is 22.6 Å². The Balaban J connectivity index is 3.20. The molecule has 1 rings (SSSR count). The lowest BCUT2D eigenvalue weighted by molar-refractivity contribution is 0.103. The molecular weight excluding hydrogens is 378 g/mol. The Morgan fingerprint density at radius 1 is 0.846 bits per heavy atom. The van der Waals surface area contributed by atoms with Gasteiger partial charge in [0.05, 0.1) is 26.4 Å². The maximum atomic E-state index is 13.2. The van der Waals surface area contributed by atoms with Crippen LogP contribution in [-0.4, -0.2) is 32.3 Å². The number of benzene rings is 1. The van der Waals surface area contributed by atoms with E-state index in [9.17, 15) is 9.13 Å². The summed E-state index contributed by atoms with van der Waals surface area (Å²) in [4.78, 5) is 0. The molecule has 148 valence electrons. The van der Waals surface area contributed by atoms with Crippen LogP contribution in [0.4, 0.5) is 0 Å². The van der Waals surface area contributed by atoms with E-state index in [2.05, 4.69) is 0 Å². The predicted octanol–water partition coefficient (Wildman–Crippen LogP) is 5.49. The summed E-state index contributed by atoms with van der Waals surface area (Å²) in [6.45, 7) is 7.21. The molecule has 0 aliphatic carbocycles. The van der Waals surface area contributed by atoms with Gasteiger partial charge in [-0.25, -0.2) is 4.57 Å². The van der Waals surface area contributed by atoms with Crippen molar-refractivity contribution in [2.24, 2.45) is 0 Å². The van der Waals surface area contributed by atoms with E-state index in [-0.39, 0.29) is 26.4 Å². The van der Waals surface area contributed by atoms with Crippen LogP contribution < -0.4 is 0 Å².